The summed E-state index contributed by atoms with van der Waals surface area (Å²) >= 11 is 5.64. The van der Waals surface area contributed by atoms with Gasteiger partial charge in [0.15, 0.2) is 0 Å². The summed E-state index contributed by atoms with van der Waals surface area (Å²) in [7, 11) is 1.73. The van der Waals surface area contributed by atoms with Gasteiger partial charge in [0.25, 0.3) is 0 Å². The molecule has 0 N–H and O–H groups in total. The number of ether oxygens (including phenoxy) is 1. The minimum absolute atomic E-state index is 0.0359. The standard InChI is InChI=1S/C16H24ClNO2/c1-11(2)9-13(4)20-14-8-6-7-12(3)16(14)18(5)15(19)10-17/h6-8,11,13H,9-10H2,1-5H3. The van der Waals surface area contributed by atoms with Crippen LogP contribution in [0.4, 0.5) is 5.69 Å². The Morgan fingerprint density at radius 1 is 1.35 bits per heavy atom. The van der Waals surface area contributed by atoms with Crippen molar-refractivity contribution in [3.8, 4) is 5.75 Å². The second-order valence-electron chi connectivity index (χ2n) is 5.57. The number of carbonyl (C=O) groups is 1. The van der Waals surface area contributed by atoms with Crippen LogP contribution >= 0.6 is 11.6 Å². The molecule has 0 saturated heterocycles. The highest BCUT2D eigenvalue weighted by molar-refractivity contribution is 6.29. The molecule has 0 saturated carbocycles. The Hall–Kier alpha value is -1.22. The first-order chi connectivity index (χ1) is 9.36. The number of alkyl halides is 1. The summed E-state index contributed by atoms with van der Waals surface area (Å²) < 4.78 is 6.02. The smallest absolute Gasteiger partial charge is 0.241 e. The SMILES string of the molecule is Cc1cccc(OC(C)CC(C)C)c1N(C)C(=O)CCl. The third-order valence-electron chi connectivity index (χ3n) is 3.16. The summed E-state index contributed by atoms with van der Waals surface area (Å²) in [5, 5.41) is 0. The van der Waals surface area contributed by atoms with Crippen molar-refractivity contribution in [2.24, 2.45) is 5.92 Å². The molecule has 0 spiro atoms. The molecule has 0 fully saturated rings. The lowest BCUT2D eigenvalue weighted by Crippen LogP contribution is -2.29. The van der Waals surface area contributed by atoms with E-state index in [2.05, 4.69) is 20.8 Å². The van der Waals surface area contributed by atoms with E-state index < -0.39 is 0 Å². The van der Waals surface area contributed by atoms with Crippen molar-refractivity contribution in [2.75, 3.05) is 17.8 Å². The Morgan fingerprint density at radius 2 is 2.00 bits per heavy atom. The number of hydrogen-bond donors (Lipinski definition) is 0. The van der Waals surface area contributed by atoms with Crippen LogP contribution in [0.25, 0.3) is 0 Å². The number of nitrogens with zero attached hydrogens (tertiary/aromatic N) is 1. The van der Waals surface area contributed by atoms with E-state index >= 15 is 0 Å². The average molecular weight is 298 g/mol. The highest BCUT2D eigenvalue weighted by Crippen LogP contribution is 2.32. The van der Waals surface area contributed by atoms with Crippen LogP contribution in [0.1, 0.15) is 32.8 Å². The van der Waals surface area contributed by atoms with E-state index in [9.17, 15) is 4.79 Å². The van der Waals surface area contributed by atoms with Crippen molar-refractivity contribution in [3.63, 3.8) is 0 Å². The van der Waals surface area contributed by atoms with Gasteiger partial charge in [-0.15, -0.1) is 11.6 Å². The zero-order valence-corrected chi connectivity index (χ0v) is 13.7. The first-order valence-electron chi connectivity index (χ1n) is 6.95. The lowest BCUT2D eigenvalue weighted by Gasteiger charge is -2.24. The molecule has 4 heteroatoms. The van der Waals surface area contributed by atoms with Gasteiger partial charge in [0, 0.05) is 7.05 Å². The zero-order chi connectivity index (χ0) is 15.3. The van der Waals surface area contributed by atoms with E-state index in [1.165, 1.54) is 0 Å². The predicted octanol–water partition coefficient (Wildman–Crippen LogP) is 4.01. The molecule has 0 radical (unpaired) electrons. The van der Waals surface area contributed by atoms with Gasteiger partial charge in [0.1, 0.15) is 11.6 Å². The van der Waals surface area contributed by atoms with E-state index in [0.717, 1.165) is 23.4 Å². The van der Waals surface area contributed by atoms with Crippen LogP contribution in [0.3, 0.4) is 0 Å². The number of para-hydroxylation sites is 1. The average Bonchev–Trinajstić information content (AvgIpc) is 2.36. The summed E-state index contributed by atoms with van der Waals surface area (Å²) in [4.78, 5) is 13.4. The minimum Gasteiger partial charge on any atom is -0.489 e. The van der Waals surface area contributed by atoms with Crippen LogP contribution in [0.5, 0.6) is 5.75 Å². The van der Waals surface area contributed by atoms with Crippen molar-refractivity contribution < 1.29 is 9.53 Å². The van der Waals surface area contributed by atoms with Crippen LogP contribution in [-0.4, -0.2) is 24.9 Å². The quantitative estimate of drug-likeness (QED) is 0.743. The van der Waals surface area contributed by atoms with Crippen molar-refractivity contribution in [1.82, 2.24) is 0 Å². The topological polar surface area (TPSA) is 29.5 Å². The predicted molar refractivity (Wildman–Crippen MR) is 84.9 cm³/mol. The number of anilines is 1. The Morgan fingerprint density at radius 3 is 2.55 bits per heavy atom. The van der Waals surface area contributed by atoms with Crippen molar-refractivity contribution in [2.45, 2.75) is 40.2 Å². The van der Waals surface area contributed by atoms with Crippen molar-refractivity contribution in [3.05, 3.63) is 23.8 Å². The highest BCUT2D eigenvalue weighted by atomic mass is 35.5. The van der Waals surface area contributed by atoms with E-state index in [1.807, 2.05) is 25.1 Å². The third kappa shape index (κ3) is 4.41. The van der Waals surface area contributed by atoms with Crippen LogP contribution in [0.15, 0.2) is 18.2 Å². The molecule has 1 aromatic rings. The monoisotopic (exact) mass is 297 g/mol. The molecule has 0 bridgehead atoms. The zero-order valence-electron chi connectivity index (χ0n) is 12.9. The molecule has 1 amide bonds. The second-order valence-corrected chi connectivity index (χ2v) is 5.83. The second kappa shape index (κ2) is 7.53. The molecule has 0 aliphatic carbocycles. The van der Waals surface area contributed by atoms with Gasteiger partial charge in [-0.05, 0) is 37.8 Å². The molecule has 112 valence electrons. The molecule has 3 nitrogen and oxygen atoms in total. The van der Waals surface area contributed by atoms with Crippen molar-refractivity contribution in [1.29, 1.82) is 0 Å². The van der Waals surface area contributed by atoms with E-state index in [4.69, 9.17) is 16.3 Å². The van der Waals surface area contributed by atoms with Gasteiger partial charge in [-0.2, -0.15) is 0 Å². The summed E-state index contributed by atoms with van der Waals surface area (Å²) in [6.07, 6.45) is 1.08. The minimum atomic E-state index is -0.137. The Bertz CT molecular complexity index is 460. The van der Waals surface area contributed by atoms with Gasteiger partial charge in [-0.25, -0.2) is 0 Å². The first kappa shape index (κ1) is 16.8. The molecular formula is C16H24ClNO2. The molecule has 1 aromatic carbocycles. The molecule has 0 aromatic heterocycles. The summed E-state index contributed by atoms with van der Waals surface area (Å²) in [6.45, 7) is 8.35. The van der Waals surface area contributed by atoms with Gasteiger partial charge in [-0.1, -0.05) is 26.0 Å². The molecule has 1 unspecified atom stereocenters. The first-order valence-corrected chi connectivity index (χ1v) is 7.49. The summed E-state index contributed by atoms with van der Waals surface area (Å²) in [6, 6.07) is 5.81. The fourth-order valence-electron chi connectivity index (χ4n) is 2.30. The number of rotatable bonds is 6. The van der Waals surface area contributed by atoms with Gasteiger partial charge >= 0.3 is 0 Å². The number of benzene rings is 1. The van der Waals surface area contributed by atoms with Gasteiger partial charge in [-0.3, -0.25) is 4.79 Å². The maximum Gasteiger partial charge on any atom is 0.241 e. The molecule has 20 heavy (non-hydrogen) atoms. The Kier molecular flexibility index (Phi) is 6.34. The number of carbonyl (C=O) groups excluding carboxylic acids is 1. The van der Waals surface area contributed by atoms with E-state index in [-0.39, 0.29) is 17.9 Å². The normalized spacial score (nSPS) is 12.3. The highest BCUT2D eigenvalue weighted by Gasteiger charge is 2.18. The number of amides is 1. The van der Waals surface area contributed by atoms with Gasteiger partial charge in [0.2, 0.25) is 5.91 Å². The van der Waals surface area contributed by atoms with Gasteiger partial charge < -0.3 is 9.64 Å². The third-order valence-corrected chi connectivity index (χ3v) is 3.38. The fraction of sp³-hybridized carbons (Fsp3) is 0.562. The fourth-order valence-corrected chi connectivity index (χ4v) is 2.48. The number of halogens is 1. The maximum atomic E-state index is 11.8. The largest absolute Gasteiger partial charge is 0.489 e. The molecule has 0 aliphatic heterocycles. The number of aryl methyl sites for hydroxylation is 1. The Labute approximate surface area is 126 Å². The molecule has 0 aliphatic rings. The van der Waals surface area contributed by atoms with Crippen LogP contribution < -0.4 is 9.64 Å². The lowest BCUT2D eigenvalue weighted by atomic mass is 10.1. The molecule has 1 rings (SSSR count). The van der Waals surface area contributed by atoms with E-state index in [1.54, 1.807) is 11.9 Å². The van der Waals surface area contributed by atoms with Crippen LogP contribution in [-0.2, 0) is 4.79 Å². The van der Waals surface area contributed by atoms with Crippen molar-refractivity contribution >= 4 is 23.2 Å². The van der Waals surface area contributed by atoms with Crippen LogP contribution in [0, 0.1) is 12.8 Å². The maximum absolute atomic E-state index is 11.8. The lowest BCUT2D eigenvalue weighted by molar-refractivity contribution is -0.116. The van der Waals surface area contributed by atoms with E-state index in [0.29, 0.717) is 5.92 Å². The summed E-state index contributed by atoms with van der Waals surface area (Å²) in [5.74, 6) is 1.13. The number of hydrogen-bond acceptors (Lipinski definition) is 2. The molecule has 1 atom stereocenters. The summed E-state index contributed by atoms with van der Waals surface area (Å²) in [5.41, 5.74) is 1.80. The molecule has 0 heterocycles. The Balaban J connectivity index is 3.02. The van der Waals surface area contributed by atoms with Crippen LogP contribution in [0.2, 0.25) is 0 Å². The molecular weight excluding hydrogens is 274 g/mol. The van der Waals surface area contributed by atoms with Gasteiger partial charge in [0.05, 0.1) is 11.8 Å².